The summed E-state index contributed by atoms with van der Waals surface area (Å²) in [5.41, 5.74) is 3.43. The van der Waals surface area contributed by atoms with E-state index in [0.29, 0.717) is 0 Å². The van der Waals surface area contributed by atoms with Crippen molar-refractivity contribution >= 4 is 0 Å². The molecule has 96 valence electrons. The summed E-state index contributed by atoms with van der Waals surface area (Å²) in [5, 5.41) is 0. The van der Waals surface area contributed by atoms with E-state index in [-0.39, 0.29) is 23.2 Å². The Morgan fingerprint density at radius 3 is 2.41 bits per heavy atom. The van der Waals surface area contributed by atoms with Gasteiger partial charge >= 0.3 is 0 Å². The number of methoxy groups -OCH3 is 1. The highest BCUT2D eigenvalue weighted by atomic mass is 19.1. The van der Waals surface area contributed by atoms with Crippen LogP contribution in [-0.4, -0.2) is 12.7 Å². The highest BCUT2D eigenvalue weighted by Gasteiger charge is 2.14. The normalized spacial score (nSPS) is 13.5. The molecule has 0 aliphatic heterocycles. The maximum absolute atomic E-state index is 13.5. The first-order valence-electron chi connectivity index (χ1n) is 5.60. The molecule has 1 aromatic carbocycles. The number of benzene rings is 1. The van der Waals surface area contributed by atoms with Gasteiger partial charge in [-0.3, -0.25) is 4.84 Å². The number of ether oxygens (including phenoxy) is 1. The molecule has 0 amide bonds. The monoisotopic (exact) mass is 241 g/mol. The highest BCUT2D eigenvalue weighted by Crippen LogP contribution is 2.22. The van der Waals surface area contributed by atoms with Crippen LogP contribution in [0.4, 0.5) is 4.39 Å². The molecule has 1 N–H and O–H groups in total. The van der Waals surface area contributed by atoms with E-state index < -0.39 is 0 Å². The zero-order chi connectivity index (χ0) is 13.1. The van der Waals surface area contributed by atoms with Gasteiger partial charge in [0.25, 0.3) is 0 Å². The third-order valence-electron chi connectivity index (χ3n) is 2.22. The first-order valence-corrected chi connectivity index (χ1v) is 5.60. The Labute approximate surface area is 102 Å². The molecule has 0 radical (unpaired) electrons. The molecule has 4 heteroatoms. The largest absolute Gasteiger partial charge is 0.494 e. The lowest BCUT2D eigenvalue weighted by Gasteiger charge is -2.23. The molecule has 0 bridgehead atoms. The molecule has 0 saturated heterocycles. The quantitative estimate of drug-likeness (QED) is 0.821. The highest BCUT2D eigenvalue weighted by molar-refractivity contribution is 5.30. The summed E-state index contributed by atoms with van der Waals surface area (Å²) < 4.78 is 18.4. The predicted octanol–water partition coefficient (Wildman–Crippen LogP) is 3.22. The summed E-state index contributed by atoms with van der Waals surface area (Å²) in [5.74, 6) is -0.118. The van der Waals surface area contributed by atoms with Crippen LogP contribution in [-0.2, 0) is 4.84 Å². The molecule has 0 aliphatic rings. The van der Waals surface area contributed by atoms with E-state index in [0.717, 1.165) is 5.56 Å². The topological polar surface area (TPSA) is 30.5 Å². The third-order valence-corrected chi connectivity index (χ3v) is 2.22. The van der Waals surface area contributed by atoms with Crippen molar-refractivity contribution in [3.05, 3.63) is 29.6 Å². The second-order valence-corrected chi connectivity index (χ2v) is 4.95. The van der Waals surface area contributed by atoms with Crippen LogP contribution in [0.3, 0.4) is 0 Å². The standard InChI is InChI=1S/C13H20FNO2/c1-9(15-17-13(2,3)4)10-6-7-12(16-5)11(14)8-10/h6-9,15H,1-5H3. The van der Waals surface area contributed by atoms with Gasteiger partial charge < -0.3 is 4.74 Å². The smallest absolute Gasteiger partial charge is 0.165 e. The van der Waals surface area contributed by atoms with E-state index in [1.807, 2.05) is 33.8 Å². The fourth-order valence-electron chi connectivity index (χ4n) is 1.29. The zero-order valence-corrected chi connectivity index (χ0v) is 11.0. The SMILES string of the molecule is COc1ccc(C(C)NOC(C)(C)C)cc1F. The van der Waals surface area contributed by atoms with Crippen LogP contribution < -0.4 is 10.2 Å². The molecule has 0 saturated carbocycles. The second-order valence-electron chi connectivity index (χ2n) is 4.95. The Hall–Kier alpha value is -1.13. The number of hydrogen-bond acceptors (Lipinski definition) is 3. The van der Waals surface area contributed by atoms with Gasteiger partial charge in [-0.1, -0.05) is 6.07 Å². The minimum absolute atomic E-state index is 0.0883. The first-order chi connectivity index (χ1) is 7.83. The zero-order valence-electron chi connectivity index (χ0n) is 11.0. The maximum atomic E-state index is 13.5. The number of hydrogen-bond donors (Lipinski definition) is 1. The van der Waals surface area contributed by atoms with Crippen LogP contribution >= 0.6 is 0 Å². The van der Waals surface area contributed by atoms with E-state index >= 15 is 0 Å². The second kappa shape index (κ2) is 5.47. The van der Waals surface area contributed by atoms with E-state index in [1.54, 1.807) is 6.07 Å². The van der Waals surface area contributed by atoms with Crippen molar-refractivity contribution in [2.45, 2.75) is 39.3 Å². The summed E-state index contributed by atoms with van der Waals surface area (Å²) in [6, 6.07) is 4.78. The van der Waals surface area contributed by atoms with Gasteiger partial charge in [-0.25, -0.2) is 4.39 Å². The maximum Gasteiger partial charge on any atom is 0.165 e. The van der Waals surface area contributed by atoms with Crippen molar-refractivity contribution < 1.29 is 14.0 Å². The van der Waals surface area contributed by atoms with Gasteiger partial charge in [-0.15, -0.1) is 0 Å². The summed E-state index contributed by atoms with van der Waals surface area (Å²) in [6.45, 7) is 7.75. The number of rotatable bonds is 4. The lowest BCUT2D eigenvalue weighted by atomic mass is 10.1. The van der Waals surface area contributed by atoms with Crippen molar-refractivity contribution in [1.29, 1.82) is 0 Å². The first kappa shape index (κ1) is 13.9. The minimum atomic E-state index is -0.366. The van der Waals surface area contributed by atoms with E-state index in [9.17, 15) is 4.39 Å². The Morgan fingerprint density at radius 2 is 1.94 bits per heavy atom. The third kappa shape index (κ3) is 4.32. The number of nitrogens with one attached hydrogen (secondary N) is 1. The van der Waals surface area contributed by atoms with Gasteiger partial charge in [0.1, 0.15) is 0 Å². The van der Waals surface area contributed by atoms with Gasteiger partial charge in [-0.05, 0) is 45.4 Å². The Kier molecular flexibility index (Phi) is 4.48. The fraction of sp³-hybridized carbons (Fsp3) is 0.538. The average molecular weight is 241 g/mol. The van der Waals surface area contributed by atoms with Crippen LogP contribution in [0.5, 0.6) is 5.75 Å². The average Bonchev–Trinajstić information content (AvgIpc) is 2.24. The van der Waals surface area contributed by atoms with Crippen LogP contribution in [0.25, 0.3) is 0 Å². The van der Waals surface area contributed by atoms with Crippen LogP contribution in [0.2, 0.25) is 0 Å². The van der Waals surface area contributed by atoms with E-state index in [2.05, 4.69) is 5.48 Å². The van der Waals surface area contributed by atoms with Crippen molar-refractivity contribution in [2.24, 2.45) is 0 Å². The molecule has 1 aromatic rings. The van der Waals surface area contributed by atoms with Crippen molar-refractivity contribution in [2.75, 3.05) is 7.11 Å². The van der Waals surface area contributed by atoms with Crippen LogP contribution in [0.15, 0.2) is 18.2 Å². The molecular formula is C13H20FNO2. The van der Waals surface area contributed by atoms with Gasteiger partial charge in [0, 0.05) is 0 Å². The summed E-state index contributed by atoms with van der Waals surface area (Å²) >= 11 is 0. The molecule has 3 nitrogen and oxygen atoms in total. The molecule has 0 aromatic heterocycles. The molecule has 1 atom stereocenters. The van der Waals surface area contributed by atoms with E-state index in [1.165, 1.54) is 13.2 Å². The van der Waals surface area contributed by atoms with Gasteiger partial charge in [0.2, 0.25) is 0 Å². The summed E-state index contributed by atoms with van der Waals surface area (Å²) in [4.78, 5) is 5.44. The molecular weight excluding hydrogens is 221 g/mol. The molecule has 0 spiro atoms. The Balaban J connectivity index is 2.69. The Bertz CT molecular complexity index is 374. The molecule has 0 heterocycles. The van der Waals surface area contributed by atoms with Gasteiger partial charge in [0.05, 0.1) is 18.8 Å². The summed E-state index contributed by atoms with van der Waals surface area (Å²) in [6.07, 6.45) is 0. The molecule has 1 rings (SSSR count). The van der Waals surface area contributed by atoms with Gasteiger partial charge in [0.15, 0.2) is 11.6 Å². The van der Waals surface area contributed by atoms with Gasteiger partial charge in [-0.2, -0.15) is 5.48 Å². The minimum Gasteiger partial charge on any atom is -0.494 e. The van der Waals surface area contributed by atoms with Crippen molar-refractivity contribution in [1.82, 2.24) is 5.48 Å². The molecule has 0 fully saturated rings. The van der Waals surface area contributed by atoms with E-state index in [4.69, 9.17) is 9.57 Å². The molecule has 0 aliphatic carbocycles. The molecule has 1 unspecified atom stereocenters. The fourth-order valence-corrected chi connectivity index (χ4v) is 1.29. The predicted molar refractivity (Wildman–Crippen MR) is 65.3 cm³/mol. The van der Waals surface area contributed by atoms with Crippen LogP contribution in [0.1, 0.15) is 39.3 Å². The lowest BCUT2D eigenvalue weighted by molar-refractivity contribution is -0.0866. The number of hydroxylamine groups is 1. The summed E-state index contributed by atoms with van der Waals surface area (Å²) in [7, 11) is 1.45. The van der Waals surface area contributed by atoms with Crippen molar-refractivity contribution in [3.8, 4) is 5.75 Å². The van der Waals surface area contributed by atoms with Crippen LogP contribution in [0, 0.1) is 5.82 Å². The lowest BCUT2D eigenvalue weighted by Crippen LogP contribution is -2.31. The number of halogens is 1. The Morgan fingerprint density at radius 1 is 1.29 bits per heavy atom. The molecule has 17 heavy (non-hydrogen) atoms. The van der Waals surface area contributed by atoms with Crippen molar-refractivity contribution in [3.63, 3.8) is 0 Å².